The van der Waals surface area contributed by atoms with Crippen LogP contribution in [0.5, 0.6) is 0 Å². The van der Waals surface area contributed by atoms with Gasteiger partial charge in [0.25, 0.3) is 0 Å². The molecule has 3 N–H and O–H groups in total. The number of unbranched alkanes of at least 4 members (excludes halogenated alkanes) is 58. The highest BCUT2D eigenvalue weighted by Gasteiger charge is 2.28. The van der Waals surface area contributed by atoms with E-state index in [1.165, 1.54) is 353 Å². The lowest BCUT2D eigenvalue weighted by atomic mass is 10.0. The van der Waals surface area contributed by atoms with Crippen LogP contribution < -0.4 is 5.32 Å². The number of nitrogens with zero attached hydrogens (tertiary/aromatic N) is 1. The Kier molecular flexibility index (Phi) is 69.5. The third kappa shape index (κ3) is 72.4. The van der Waals surface area contributed by atoms with Gasteiger partial charge in [0.1, 0.15) is 13.2 Å². The van der Waals surface area contributed by atoms with Gasteiger partial charge >= 0.3 is 7.82 Å². The predicted octanol–water partition coefficient (Wildman–Crippen LogP) is 25.8. The maximum atomic E-state index is 13.1. The highest BCUT2D eigenvalue weighted by molar-refractivity contribution is 7.47. The largest absolute Gasteiger partial charge is 0.472 e. The van der Waals surface area contributed by atoms with Crippen molar-refractivity contribution in [2.24, 2.45) is 0 Å². The summed E-state index contributed by atoms with van der Waals surface area (Å²) in [6.07, 6.45) is 93.3. The molecule has 524 valence electrons. The molecule has 0 aliphatic rings. The molecule has 88 heavy (non-hydrogen) atoms. The first-order valence-electron chi connectivity index (χ1n) is 39.7. The van der Waals surface area contributed by atoms with Crippen molar-refractivity contribution in [3.63, 3.8) is 0 Å². The SMILES string of the molecule is CCCCCCC/C=C\C/C=C\CCCCCCCCCCCCCCCCCCCCCCCCCC(=O)NC(COP(=O)(O)OCC[N+](C)(C)C)C(O)CCCCCCCCCCCCCCCCCCCCCCCCCCCCCCCCC. The Balaban J connectivity index is 3.91. The molecule has 0 radical (unpaired) electrons. The van der Waals surface area contributed by atoms with Crippen LogP contribution in [0.3, 0.4) is 0 Å². The number of phosphoric acid groups is 1. The molecular weight excluding hydrogens is 1100 g/mol. The number of carbonyl (C=O) groups excluding carboxylic acids is 1. The minimum atomic E-state index is -4.33. The second kappa shape index (κ2) is 70.3. The molecule has 0 aliphatic heterocycles. The second-order valence-corrected chi connectivity index (χ2v) is 30.3. The van der Waals surface area contributed by atoms with Gasteiger partial charge in [0.2, 0.25) is 5.91 Å². The van der Waals surface area contributed by atoms with Crippen LogP contribution in [0.15, 0.2) is 24.3 Å². The van der Waals surface area contributed by atoms with E-state index in [2.05, 4.69) is 43.5 Å². The summed E-state index contributed by atoms with van der Waals surface area (Å²) in [5.74, 6) is -0.134. The molecule has 0 aliphatic carbocycles. The molecule has 0 saturated carbocycles. The van der Waals surface area contributed by atoms with Gasteiger partial charge in [-0.1, -0.05) is 398 Å². The Morgan fingerprint density at radius 2 is 0.648 bits per heavy atom. The van der Waals surface area contributed by atoms with Crippen molar-refractivity contribution in [1.29, 1.82) is 0 Å². The molecule has 3 unspecified atom stereocenters. The molecule has 1 amide bonds. The number of hydrogen-bond acceptors (Lipinski definition) is 5. The summed E-state index contributed by atoms with van der Waals surface area (Å²) in [6, 6.07) is -0.760. The first-order chi connectivity index (χ1) is 43.0. The lowest BCUT2D eigenvalue weighted by Gasteiger charge is -2.26. The Bertz CT molecular complexity index is 1480. The molecule has 0 heterocycles. The Morgan fingerprint density at radius 3 is 0.932 bits per heavy atom. The highest BCUT2D eigenvalue weighted by Crippen LogP contribution is 2.43. The van der Waals surface area contributed by atoms with Crippen LogP contribution in [0.25, 0.3) is 0 Å². The number of carbonyl (C=O) groups is 1. The Labute approximate surface area is 551 Å². The monoisotopic (exact) mass is 1260 g/mol. The number of quaternary nitrogens is 1. The summed E-state index contributed by atoms with van der Waals surface area (Å²) in [4.78, 5) is 23.5. The summed E-state index contributed by atoms with van der Waals surface area (Å²) >= 11 is 0. The molecule has 3 atom stereocenters. The van der Waals surface area contributed by atoms with Crippen molar-refractivity contribution >= 4 is 13.7 Å². The molecule has 0 aromatic carbocycles. The number of rotatable bonds is 75. The van der Waals surface area contributed by atoms with Crippen molar-refractivity contribution < 1.29 is 32.9 Å². The van der Waals surface area contributed by atoms with Crippen LogP contribution in [0.2, 0.25) is 0 Å². The van der Waals surface area contributed by atoms with Crippen molar-refractivity contribution in [3.05, 3.63) is 24.3 Å². The Morgan fingerprint density at radius 1 is 0.386 bits per heavy atom. The lowest BCUT2D eigenvalue weighted by molar-refractivity contribution is -0.870. The van der Waals surface area contributed by atoms with Crippen LogP contribution >= 0.6 is 7.82 Å². The fourth-order valence-corrected chi connectivity index (χ4v) is 13.3. The first kappa shape index (κ1) is 87.0. The number of hydrogen-bond donors (Lipinski definition) is 3. The fraction of sp³-hybridized carbons (Fsp3) is 0.937. The zero-order valence-corrected chi connectivity index (χ0v) is 61.2. The van der Waals surface area contributed by atoms with Crippen LogP contribution in [0, 0.1) is 0 Å². The van der Waals surface area contributed by atoms with Gasteiger partial charge in [-0.2, -0.15) is 0 Å². The number of allylic oxidation sites excluding steroid dienone is 4. The van der Waals surface area contributed by atoms with Gasteiger partial charge in [0.05, 0.1) is 39.9 Å². The van der Waals surface area contributed by atoms with E-state index in [0.29, 0.717) is 23.9 Å². The topological polar surface area (TPSA) is 105 Å². The predicted molar refractivity (Wildman–Crippen MR) is 388 cm³/mol. The van der Waals surface area contributed by atoms with Gasteiger partial charge in [-0.3, -0.25) is 13.8 Å². The van der Waals surface area contributed by atoms with E-state index >= 15 is 0 Å². The quantitative estimate of drug-likeness (QED) is 0.0243. The van der Waals surface area contributed by atoms with Gasteiger partial charge in [0.15, 0.2) is 0 Å². The molecule has 0 spiro atoms. The van der Waals surface area contributed by atoms with E-state index in [1.807, 2.05) is 21.1 Å². The summed E-state index contributed by atoms with van der Waals surface area (Å²) in [6.45, 7) is 4.95. The van der Waals surface area contributed by atoms with Crippen molar-refractivity contribution in [2.45, 2.75) is 437 Å². The zero-order chi connectivity index (χ0) is 64.1. The summed E-state index contributed by atoms with van der Waals surface area (Å²) < 4.78 is 24.0. The zero-order valence-electron chi connectivity index (χ0n) is 60.3. The minimum absolute atomic E-state index is 0.0781. The van der Waals surface area contributed by atoms with Gasteiger partial charge in [-0.15, -0.1) is 0 Å². The molecule has 0 aromatic rings. The van der Waals surface area contributed by atoms with Crippen molar-refractivity contribution in [1.82, 2.24) is 5.32 Å². The molecule has 0 fully saturated rings. The van der Waals surface area contributed by atoms with E-state index in [9.17, 15) is 19.4 Å². The second-order valence-electron chi connectivity index (χ2n) is 28.8. The molecule has 8 nitrogen and oxygen atoms in total. The van der Waals surface area contributed by atoms with Crippen LogP contribution in [-0.4, -0.2) is 73.4 Å². The fourth-order valence-electron chi connectivity index (χ4n) is 12.6. The summed E-state index contributed by atoms with van der Waals surface area (Å²) in [5.41, 5.74) is 0. The summed E-state index contributed by atoms with van der Waals surface area (Å²) in [7, 11) is 1.64. The first-order valence-corrected chi connectivity index (χ1v) is 41.2. The van der Waals surface area contributed by atoms with E-state index in [0.717, 1.165) is 44.9 Å². The molecule has 9 heteroatoms. The van der Waals surface area contributed by atoms with Gasteiger partial charge in [-0.05, 0) is 44.9 Å². The molecular formula is C79H158N2O6P+. The maximum Gasteiger partial charge on any atom is 0.472 e. The van der Waals surface area contributed by atoms with E-state index in [4.69, 9.17) is 9.05 Å². The third-order valence-corrected chi connectivity index (χ3v) is 19.7. The van der Waals surface area contributed by atoms with Crippen LogP contribution in [-0.2, 0) is 18.4 Å². The van der Waals surface area contributed by atoms with Gasteiger partial charge < -0.3 is 19.8 Å². The number of amides is 1. The van der Waals surface area contributed by atoms with Crippen LogP contribution in [0.4, 0.5) is 0 Å². The summed E-state index contributed by atoms with van der Waals surface area (Å²) in [5, 5.41) is 14.2. The molecule has 0 rings (SSSR count). The van der Waals surface area contributed by atoms with E-state index in [1.54, 1.807) is 0 Å². The number of likely N-dealkylation sites (N-methyl/N-ethyl adjacent to an activating group) is 1. The number of nitrogens with one attached hydrogen (secondary N) is 1. The molecule has 0 aromatic heterocycles. The van der Waals surface area contributed by atoms with Crippen molar-refractivity contribution in [3.8, 4) is 0 Å². The highest BCUT2D eigenvalue weighted by atomic mass is 31.2. The average Bonchev–Trinajstić information content (AvgIpc) is 3.64. The lowest BCUT2D eigenvalue weighted by Crippen LogP contribution is -2.46. The van der Waals surface area contributed by atoms with Gasteiger partial charge in [-0.25, -0.2) is 4.57 Å². The molecule has 0 bridgehead atoms. The smallest absolute Gasteiger partial charge is 0.391 e. The van der Waals surface area contributed by atoms with Crippen molar-refractivity contribution in [2.75, 3.05) is 40.9 Å². The van der Waals surface area contributed by atoms with E-state index in [-0.39, 0.29) is 19.1 Å². The standard InChI is InChI=1S/C79H157N2O6P/c1-6-8-10-12-14-16-18-20-22-24-26-28-30-32-34-36-38-39-40-41-43-45-47-49-51-53-55-57-59-61-63-65-67-69-71-73-79(83)80-77(76-87-88(84,85)86-75-74-81(3,4)5)78(82)72-70-68-66-64-62-60-58-56-54-52-50-48-46-44-42-37-35-33-31-29-27-25-23-21-19-17-15-13-11-9-7-2/h18,20,24,26,77-78,82H,6-17,19,21-23,25,27-76H2,1-5H3,(H-,80,83,84,85)/p+1/b20-18-,26-24-. The molecule has 0 saturated heterocycles. The number of aliphatic hydroxyl groups is 1. The van der Waals surface area contributed by atoms with Crippen LogP contribution in [0.1, 0.15) is 425 Å². The average molecular weight is 1260 g/mol. The van der Waals surface area contributed by atoms with Gasteiger partial charge in [0, 0.05) is 6.42 Å². The number of phosphoric ester groups is 1. The normalized spacial score (nSPS) is 13.6. The third-order valence-electron chi connectivity index (χ3n) is 18.7. The minimum Gasteiger partial charge on any atom is -0.391 e. The van der Waals surface area contributed by atoms with E-state index < -0.39 is 20.0 Å². The maximum absolute atomic E-state index is 13.1. The Hall–Kier alpha value is -1.02. The number of aliphatic hydroxyl groups excluding tert-OH is 1.